The fourth-order valence-electron chi connectivity index (χ4n) is 1.27. The standard InChI is InChI=1S/C9H5ClF6O/c10-3-4-1-2-5(8(11,12)13)6(7(4)17)9(14,15)16/h1-2,17H,3H2. The largest absolute Gasteiger partial charge is 0.507 e. The van der Waals surface area contributed by atoms with Crippen molar-refractivity contribution in [2.45, 2.75) is 18.2 Å². The van der Waals surface area contributed by atoms with E-state index in [0.717, 1.165) is 0 Å². The van der Waals surface area contributed by atoms with Crippen LogP contribution in [0.4, 0.5) is 26.3 Å². The second-order valence-corrected chi connectivity index (χ2v) is 3.39. The Labute approximate surface area is 96.6 Å². The lowest BCUT2D eigenvalue weighted by Crippen LogP contribution is -2.17. The Morgan fingerprint density at radius 2 is 1.53 bits per heavy atom. The van der Waals surface area contributed by atoms with Gasteiger partial charge in [0.15, 0.2) is 0 Å². The zero-order chi connectivity index (χ0) is 13.4. The van der Waals surface area contributed by atoms with Gasteiger partial charge in [0.1, 0.15) is 11.3 Å². The van der Waals surface area contributed by atoms with Gasteiger partial charge >= 0.3 is 12.4 Å². The van der Waals surface area contributed by atoms with Crippen LogP contribution in [0.5, 0.6) is 5.75 Å². The average molecular weight is 279 g/mol. The Morgan fingerprint density at radius 1 is 1.00 bits per heavy atom. The second-order valence-electron chi connectivity index (χ2n) is 3.13. The summed E-state index contributed by atoms with van der Waals surface area (Å²) >= 11 is 5.21. The Morgan fingerprint density at radius 3 is 1.88 bits per heavy atom. The van der Waals surface area contributed by atoms with E-state index in [1.165, 1.54) is 0 Å². The van der Waals surface area contributed by atoms with E-state index in [9.17, 15) is 26.3 Å². The number of halogens is 7. The van der Waals surface area contributed by atoms with Gasteiger partial charge < -0.3 is 5.11 Å². The van der Waals surface area contributed by atoms with Gasteiger partial charge in [0.25, 0.3) is 0 Å². The number of hydrogen-bond donors (Lipinski definition) is 1. The highest BCUT2D eigenvalue weighted by atomic mass is 35.5. The van der Waals surface area contributed by atoms with E-state index in [4.69, 9.17) is 16.7 Å². The van der Waals surface area contributed by atoms with Gasteiger partial charge in [0.05, 0.1) is 11.4 Å². The van der Waals surface area contributed by atoms with E-state index >= 15 is 0 Å². The summed E-state index contributed by atoms with van der Waals surface area (Å²) in [4.78, 5) is 0. The molecule has 8 heteroatoms. The van der Waals surface area contributed by atoms with Crippen molar-refractivity contribution in [2.75, 3.05) is 0 Å². The third-order valence-corrected chi connectivity index (χ3v) is 2.28. The van der Waals surface area contributed by atoms with E-state index in [1.807, 2.05) is 0 Å². The highest BCUT2D eigenvalue weighted by molar-refractivity contribution is 6.17. The van der Waals surface area contributed by atoms with Crippen LogP contribution in [0, 0.1) is 0 Å². The van der Waals surface area contributed by atoms with Gasteiger partial charge in [-0.15, -0.1) is 11.6 Å². The molecule has 96 valence electrons. The van der Waals surface area contributed by atoms with Crippen LogP contribution >= 0.6 is 11.6 Å². The molecule has 0 aliphatic heterocycles. The lowest BCUT2D eigenvalue weighted by atomic mass is 10.0. The molecule has 0 saturated carbocycles. The first-order chi connectivity index (χ1) is 7.59. The van der Waals surface area contributed by atoms with E-state index in [-0.39, 0.29) is 6.07 Å². The first-order valence-electron chi connectivity index (χ1n) is 4.14. The van der Waals surface area contributed by atoms with Crippen molar-refractivity contribution in [3.05, 3.63) is 28.8 Å². The average Bonchev–Trinajstić information content (AvgIpc) is 2.13. The van der Waals surface area contributed by atoms with Crippen LogP contribution < -0.4 is 0 Å². The predicted octanol–water partition coefficient (Wildman–Crippen LogP) is 4.17. The molecule has 1 aromatic rings. The summed E-state index contributed by atoms with van der Waals surface area (Å²) in [6, 6.07) is 0.959. The Kier molecular flexibility index (Phi) is 3.52. The SMILES string of the molecule is Oc1c(CCl)ccc(C(F)(F)F)c1C(F)(F)F. The molecule has 1 nitrogen and oxygen atoms in total. The molecule has 1 aromatic carbocycles. The van der Waals surface area contributed by atoms with Crippen molar-refractivity contribution >= 4 is 11.6 Å². The van der Waals surface area contributed by atoms with Crippen molar-refractivity contribution < 1.29 is 31.4 Å². The molecule has 1 N–H and O–H groups in total. The van der Waals surface area contributed by atoms with Gasteiger partial charge in [-0.1, -0.05) is 6.07 Å². The molecule has 0 amide bonds. The normalized spacial score (nSPS) is 12.9. The number of phenols is 1. The number of hydrogen-bond acceptors (Lipinski definition) is 1. The van der Waals surface area contributed by atoms with Gasteiger partial charge in [-0.2, -0.15) is 26.3 Å². The molecule has 0 fully saturated rings. The van der Waals surface area contributed by atoms with Crippen LogP contribution in [0.1, 0.15) is 16.7 Å². The second kappa shape index (κ2) is 4.29. The van der Waals surface area contributed by atoms with Crippen LogP contribution in [0.2, 0.25) is 0 Å². The summed E-state index contributed by atoms with van der Waals surface area (Å²) in [7, 11) is 0. The zero-order valence-electron chi connectivity index (χ0n) is 7.95. The zero-order valence-corrected chi connectivity index (χ0v) is 8.71. The number of aromatic hydroxyl groups is 1. The molecule has 0 aromatic heterocycles. The minimum absolute atomic E-state index is 0.250. The lowest BCUT2D eigenvalue weighted by Gasteiger charge is -2.18. The first kappa shape index (κ1) is 14.0. The summed E-state index contributed by atoms with van der Waals surface area (Å²) < 4.78 is 74.4. The van der Waals surface area contributed by atoms with Crippen LogP contribution in [-0.4, -0.2) is 5.11 Å². The summed E-state index contributed by atoms with van der Waals surface area (Å²) in [5.41, 5.74) is -4.45. The highest BCUT2D eigenvalue weighted by Crippen LogP contribution is 2.45. The van der Waals surface area contributed by atoms with E-state index in [1.54, 1.807) is 0 Å². The number of rotatable bonds is 1. The van der Waals surface area contributed by atoms with Gasteiger partial charge in [-0.3, -0.25) is 0 Å². The molecule has 0 radical (unpaired) electrons. The molecule has 0 unspecified atom stereocenters. The Bertz CT molecular complexity index is 423. The van der Waals surface area contributed by atoms with Crippen molar-refractivity contribution in [1.29, 1.82) is 0 Å². The fraction of sp³-hybridized carbons (Fsp3) is 0.333. The smallest absolute Gasteiger partial charge is 0.420 e. The van der Waals surface area contributed by atoms with Crippen LogP contribution in [0.15, 0.2) is 12.1 Å². The monoisotopic (exact) mass is 278 g/mol. The summed E-state index contributed by atoms with van der Waals surface area (Å²) in [5, 5.41) is 9.16. The number of benzene rings is 1. The van der Waals surface area contributed by atoms with Crippen molar-refractivity contribution in [3.8, 4) is 5.75 Å². The Hall–Kier alpha value is -1.11. The fourth-order valence-corrected chi connectivity index (χ4v) is 1.48. The number of phenolic OH excluding ortho intramolecular Hbond substituents is 1. The van der Waals surface area contributed by atoms with Gasteiger partial charge in [-0.25, -0.2) is 0 Å². The quantitative estimate of drug-likeness (QED) is 0.604. The molecule has 0 spiro atoms. The molecule has 0 aliphatic rings. The highest BCUT2D eigenvalue weighted by Gasteiger charge is 2.45. The van der Waals surface area contributed by atoms with E-state index in [2.05, 4.69) is 0 Å². The molecule has 0 aliphatic carbocycles. The van der Waals surface area contributed by atoms with E-state index < -0.39 is 40.7 Å². The first-order valence-corrected chi connectivity index (χ1v) is 4.67. The topological polar surface area (TPSA) is 20.2 Å². The molecule has 0 heterocycles. The van der Waals surface area contributed by atoms with Crippen molar-refractivity contribution in [3.63, 3.8) is 0 Å². The van der Waals surface area contributed by atoms with E-state index in [0.29, 0.717) is 6.07 Å². The van der Waals surface area contributed by atoms with Gasteiger partial charge in [-0.05, 0) is 6.07 Å². The maximum absolute atomic E-state index is 12.5. The summed E-state index contributed by atoms with van der Waals surface area (Å²) in [6.45, 7) is 0. The minimum Gasteiger partial charge on any atom is -0.507 e. The maximum Gasteiger partial charge on any atom is 0.420 e. The van der Waals surface area contributed by atoms with Gasteiger partial charge in [0.2, 0.25) is 0 Å². The summed E-state index contributed by atoms with van der Waals surface area (Å²) in [6.07, 6.45) is -10.5. The molecule has 0 saturated heterocycles. The summed E-state index contributed by atoms with van der Waals surface area (Å²) in [5.74, 6) is -2.00. The van der Waals surface area contributed by atoms with Crippen molar-refractivity contribution in [2.24, 2.45) is 0 Å². The molecule has 0 atom stereocenters. The maximum atomic E-state index is 12.5. The third-order valence-electron chi connectivity index (χ3n) is 1.99. The number of alkyl halides is 7. The van der Waals surface area contributed by atoms with Crippen LogP contribution in [-0.2, 0) is 18.2 Å². The molecule has 1 rings (SSSR count). The van der Waals surface area contributed by atoms with Crippen molar-refractivity contribution in [1.82, 2.24) is 0 Å². The molecule has 0 bridgehead atoms. The Balaban J connectivity index is 3.59. The van der Waals surface area contributed by atoms with Crippen LogP contribution in [0.25, 0.3) is 0 Å². The lowest BCUT2D eigenvalue weighted by molar-refractivity contribution is -0.163. The third kappa shape index (κ3) is 2.77. The minimum atomic E-state index is -5.31. The molecular weight excluding hydrogens is 274 g/mol. The van der Waals surface area contributed by atoms with Crippen LogP contribution in [0.3, 0.4) is 0 Å². The predicted molar refractivity (Wildman–Crippen MR) is 47.7 cm³/mol. The van der Waals surface area contributed by atoms with Gasteiger partial charge in [0, 0.05) is 5.56 Å². The molecule has 17 heavy (non-hydrogen) atoms. The molecular formula is C9H5ClF6O.